The molecule has 0 unspecified atom stereocenters. The van der Waals surface area contributed by atoms with Gasteiger partial charge in [0.2, 0.25) is 0 Å². The molecule has 4 N–H and O–H groups in total. The van der Waals surface area contributed by atoms with E-state index in [2.05, 4.69) is 10.6 Å². The molecule has 1 rings (SSSR count). The second kappa shape index (κ2) is 7.78. The Labute approximate surface area is 123 Å². The molecule has 0 atom stereocenters. The van der Waals surface area contributed by atoms with Crippen molar-refractivity contribution in [1.29, 1.82) is 0 Å². The lowest BCUT2D eigenvalue weighted by atomic mass is 10.2. The van der Waals surface area contributed by atoms with Gasteiger partial charge in [-0.1, -0.05) is 0 Å². The van der Waals surface area contributed by atoms with Crippen LogP contribution in [-0.2, 0) is 0 Å². The van der Waals surface area contributed by atoms with Crippen LogP contribution in [0.1, 0.15) is 13.3 Å². The molecule has 0 aliphatic heterocycles. The molecule has 0 saturated heterocycles. The Morgan fingerprint density at radius 2 is 2.19 bits per heavy atom. The molecule has 0 radical (unpaired) electrons. The third kappa shape index (κ3) is 4.72. The predicted molar refractivity (Wildman–Crippen MR) is 83.0 cm³/mol. The summed E-state index contributed by atoms with van der Waals surface area (Å²) < 4.78 is 5.65. The van der Waals surface area contributed by atoms with Gasteiger partial charge in [-0.3, -0.25) is 10.1 Å². The Bertz CT molecular complexity index is 567. The molecule has 0 aliphatic carbocycles. The molecular formula is C14H20N4O3. The average Bonchev–Trinajstić information content (AvgIpc) is 2.50. The number of nitrogens with one attached hydrogen (secondary N) is 2. The first kappa shape index (κ1) is 16.4. The standard InChI is InChI=1S/C14H20N4O3/c1-4-10(6-8-14(15)17-3)21-11-5-7-12(16-2)13(9-11)18(19)20/h4-5,7-9,16-17H,6,15H2,1-3H3/b10-4+,14-8-. The Morgan fingerprint density at radius 3 is 2.71 bits per heavy atom. The van der Waals surface area contributed by atoms with E-state index >= 15 is 0 Å². The van der Waals surface area contributed by atoms with E-state index in [1.165, 1.54) is 6.07 Å². The summed E-state index contributed by atoms with van der Waals surface area (Å²) in [6.07, 6.45) is 4.05. The highest BCUT2D eigenvalue weighted by Crippen LogP contribution is 2.29. The van der Waals surface area contributed by atoms with Crippen molar-refractivity contribution < 1.29 is 9.66 Å². The molecule has 21 heavy (non-hydrogen) atoms. The highest BCUT2D eigenvalue weighted by atomic mass is 16.6. The van der Waals surface area contributed by atoms with E-state index in [1.807, 2.05) is 6.92 Å². The normalized spacial score (nSPS) is 12.0. The van der Waals surface area contributed by atoms with Crippen molar-refractivity contribution in [2.24, 2.45) is 5.73 Å². The van der Waals surface area contributed by atoms with E-state index in [-0.39, 0.29) is 5.69 Å². The van der Waals surface area contributed by atoms with Gasteiger partial charge in [-0.2, -0.15) is 0 Å². The fourth-order valence-corrected chi connectivity index (χ4v) is 1.62. The molecule has 0 saturated carbocycles. The summed E-state index contributed by atoms with van der Waals surface area (Å²) in [7, 11) is 3.35. The summed E-state index contributed by atoms with van der Waals surface area (Å²) in [6, 6.07) is 4.67. The second-order valence-electron chi connectivity index (χ2n) is 4.16. The van der Waals surface area contributed by atoms with Crippen molar-refractivity contribution in [1.82, 2.24) is 5.32 Å². The van der Waals surface area contributed by atoms with Gasteiger partial charge in [-0.15, -0.1) is 0 Å². The van der Waals surface area contributed by atoms with Gasteiger partial charge in [0.15, 0.2) is 0 Å². The van der Waals surface area contributed by atoms with Crippen molar-refractivity contribution >= 4 is 11.4 Å². The van der Waals surface area contributed by atoms with Gasteiger partial charge in [-0.25, -0.2) is 0 Å². The van der Waals surface area contributed by atoms with E-state index in [0.29, 0.717) is 29.4 Å². The van der Waals surface area contributed by atoms with Crippen LogP contribution in [0.15, 0.2) is 41.9 Å². The molecule has 0 bridgehead atoms. The van der Waals surface area contributed by atoms with Gasteiger partial charge in [0.05, 0.1) is 16.8 Å². The first-order valence-corrected chi connectivity index (χ1v) is 6.44. The summed E-state index contributed by atoms with van der Waals surface area (Å²) in [5.41, 5.74) is 6.05. The van der Waals surface area contributed by atoms with Crippen LogP contribution < -0.4 is 21.1 Å². The predicted octanol–water partition coefficient (Wildman–Crippen LogP) is 2.33. The lowest BCUT2D eigenvalue weighted by Gasteiger charge is -2.10. The second-order valence-corrected chi connectivity index (χ2v) is 4.16. The fourth-order valence-electron chi connectivity index (χ4n) is 1.62. The number of rotatable bonds is 7. The summed E-state index contributed by atoms with van der Waals surface area (Å²) in [4.78, 5) is 10.6. The van der Waals surface area contributed by atoms with Gasteiger partial charge < -0.3 is 21.1 Å². The molecule has 1 aromatic carbocycles. The van der Waals surface area contributed by atoms with Crippen LogP contribution in [0.3, 0.4) is 0 Å². The summed E-state index contributed by atoms with van der Waals surface area (Å²) in [5.74, 6) is 1.60. The number of ether oxygens (including phenoxy) is 1. The minimum absolute atomic E-state index is 0.0317. The first-order chi connectivity index (χ1) is 10.0. The van der Waals surface area contributed by atoms with Gasteiger partial charge in [-0.05, 0) is 31.2 Å². The lowest BCUT2D eigenvalue weighted by Crippen LogP contribution is -2.14. The minimum Gasteiger partial charge on any atom is -0.461 e. The molecule has 0 fully saturated rings. The molecular weight excluding hydrogens is 272 g/mol. The average molecular weight is 292 g/mol. The minimum atomic E-state index is -0.451. The summed E-state index contributed by atoms with van der Waals surface area (Å²) >= 11 is 0. The number of nitrogens with zero attached hydrogens (tertiary/aromatic N) is 1. The molecule has 114 valence electrons. The Balaban J connectivity index is 2.91. The van der Waals surface area contributed by atoms with E-state index in [1.54, 1.807) is 38.4 Å². The van der Waals surface area contributed by atoms with Crippen molar-refractivity contribution in [2.75, 3.05) is 19.4 Å². The van der Waals surface area contributed by atoms with Crippen LogP contribution in [-0.4, -0.2) is 19.0 Å². The zero-order valence-corrected chi connectivity index (χ0v) is 12.3. The fraction of sp³-hybridized carbons (Fsp3) is 0.286. The topological polar surface area (TPSA) is 102 Å². The number of allylic oxidation sites excluding steroid dienone is 2. The number of nitrogens with two attached hydrogens (primary N) is 1. The number of hydrogen-bond acceptors (Lipinski definition) is 6. The highest BCUT2D eigenvalue weighted by Gasteiger charge is 2.14. The molecule has 0 amide bonds. The van der Waals surface area contributed by atoms with Gasteiger partial charge in [0, 0.05) is 20.5 Å². The number of benzene rings is 1. The lowest BCUT2D eigenvalue weighted by molar-refractivity contribution is -0.384. The third-order valence-electron chi connectivity index (χ3n) is 2.82. The van der Waals surface area contributed by atoms with Crippen molar-refractivity contribution in [3.8, 4) is 5.75 Å². The SMILES string of the molecule is C/C=C(\C/C=C(/N)NC)Oc1ccc(NC)c([N+](=O)[O-])c1. The van der Waals surface area contributed by atoms with Gasteiger partial charge in [0.1, 0.15) is 17.2 Å². The number of nitro benzene ring substituents is 1. The monoisotopic (exact) mass is 292 g/mol. The van der Waals surface area contributed by atoms with Gasteiger partial charge in [0.25, 0.3) is 5.69 Å². The van der Waals surface area contributed by atoms with Crippen LogP contribution in [0, 0.1) is 10.1 Å². The van der Waals surface area contributed by atoms with E-state index in [4.69, 9.17) is 10.5 Å². The number of anilines is 1. The van der Waals surface area contributed by atoms with Gasteiger partial charge >= 0.3 is 0 Å². The Morgan fingerprint density at radius 1 is 1.48 bits per heavy atom. The molecule has 7 nitrogen and oxygen atoms in total. The van der Waals surface area contributed by atoms with Crippen LogP contribution in [0.4, 0.5) is 11.4 Å². The van der Waals surface area contributed by atoms with Crippen LogP contribution in [0.5, 0.6) is 5.75 Å². The maximum absolute atomic E-state index is 11.0. The van der Waals surface area contributed by atoms with E-state index in [9.17, 15) is 10.1 Å². The molecule has 1 aromatic rings. The van der Waals surface area contributed by atoms with Crippen LogP contribution in [0.2, 0.25) is 0 Å². The largest absolute Gasteiger partial charge is 0.461 e. The Hall–Kier alpha value is -2.70. The quantitative estimate of drug-likeness (QED) is 0.405. The van der Waals surface area contributed by atoms with Crippen LogP contribution >= 0.6 is 0 Å². The summed E-state index contributed by atoms with van der Waals surface area (Å²) in [6.45, 7) is 1.83. The zero-order valence-electron chi connectivity index (χ0n) is 12.3. The molecule has 0 spiro atoms. The van der Waals surface area contributed by atoms with Crippen molar-refractivity contribution in [2.45, 2.75) is 13.3 Å². The van der Waals surface area contributed by atoms with E-state index in [0.717, 1.165) is 0 Å². The van der Waals surface area contributed by atoms with Crippen LogP contribution in [0.25, 0.3) is 0 Å². The molecule has 0 aromatic heterocycles. The zero-order chi connectivity index (χ0) is 15.8. The molecule has 0 heterocycles. The maximum Gasteiger partial charge on any atom is 0.296 e. The smallest absolute Gasteiger partial charge is 0.296 e. The summed E-state index contributed by atoms with van der Waals surface area (Å²) in [5, 5.41) is 16.6. The van der Waals surface area contributed by atoms with Crippen molar-refractivity contribution in [3.63, 3.8) is 0 Å². The first-order valence-electron chi connectivity index (χ1n) is 6.44. The number of hydrogen-bond donors (Lipinski definition) is 3. The molecule has 0 aliphatic rings. The highest BCUT2D eigenvalue weighted by molar-refractivity contribution is 5.63. The van der Waals surface area contributed by atoms with Crippen molar-refractivity contribution in [3.05, 3.63) is 52.0 Å². The molecule has 7 heteroatoms. The number of nitro groups is 1. The maximum atomic E-state index is 11.0. The third-order valence-corrected chi connectivity index (χ3v) is 2.82. The van der Waals surface area contributed by atoms with E-state index < -0.39 is 4.92 Å². The Kier molecular flexibility index (Phi) is 6.06.